The van der Waals surface area contributed by atoms with E-state index in [9.17, 15) is 13.2 Å². The van der Waals surface area contributed by atoms with E-state index in [1.54, 1.807) is 48.5 Å². The van der Waals surface area contributed by atoms with Gasteiger partial charge in [0.1, 0.15) is 0 Å². The second kappa shape index (κ2) is 6.94. The number of anilines is 1. The van der Waals surface area contributed by atoms with E-state index in [4.69, 9.17) is 4.42 Å². The lowest BCUT2D eigenvalue weighted by molar-refractivity contribution is 0.0979. The van der Waals surface area contributed by atoms with Crippen LogP contribution in [0.4, 0.5) is 5.69 Å². The van der Waals surface area contributed by atoms with Gasteiger partial charge in [0.2, 0.25) is 0 Å². The zero-order valence-electron chi connectivity index (χ0n) is 13.6. The molecular formula is C19H17NO4S. The van der Waals surface area contributed by atoms with Crippen LogP contribution in [-0.4, -0.2) is 14.3 Å². The van der Waals surface area contributed by atoms with Gasteiger partial charge in [0.15, 0.2) is 5.76 Å². The maximum Gasteiger partial charge on any atom is 0.307 e. The second-order valence-corrected chi connectivity index (χ2v) is 7.17. The lowest BCUT2D eigenvalue weighted by atomic mass is 10.1. The molecule has 3 rings (SSSR count). The van der Waals surface area contributed by atoms with Crippen LogP contribution in [-0.2, 0) is 16.4 Å². The second-order valence-electron chi connectivity index (χ2n) is 5.38. The summed E-state index contributed by atoms with van der Waals surface area (Å²) >= 11 is 0. The van der Waals surface area contributed by atoms with Gasteiger partial charge in [-0.2, -0.15) is 4.31 Å². The summed E-state index contributed by atoms with van der Waals surface area (Å²) in [4.78, 5) is 12.9. The average molecular weight is 355 g/mol. The topological polar surface area (TPSA) is 67.6 Å². The molecule has 2 aromatic carbocycles. The monoisotopic (exact) mass is 355 g/mol. The molecule has 128 valence electrons. The van der Waals surface area contributed by atoms with E-state index < -0.39 is 15.9 Å². The molecule has 0 saturated carbocycles. The minimum atomic E-state index is -4.08. The molecule has 0 aliphatic carbocycles. The molecule has 25 heavy (non-hydrogen) atoms. The lowest BCUT2D eigenvalue weighted by Gasteiger charge is -2.22. The number of hydrogen-bond acceptors (Lipinski definition) is 4. The molecule has 1 amide bonds. The van der Waals surface area contributed by atoms with Crippen molar-refractivity contribution in [3.05, 3.63) is 84.3 Å². The Bertz CT molecular complexity index is 946. The Morgan fingerprint density at radius 2 is 1.64 bits per heavy atom. The molecule has 6 heteroatoms. The quantitative estimate of drug-likeness (QED) is 0.696. The molecule has 3 aromatic rings. The van der Waals surface area contributed by atoms with E-state index in [0.29, 0.717) is 0 Å². The van der Waals surface area contributed by atoms with Crippen molar-refractivity contribution in [1.82, 2.24) is 0 Å². The minimum Gasteiger partial charge on any atom is -0.459 e. The van der Waals surface area contributed by atoms with Crippen molar-refractivity contribution in [2.24, 2.45) is 0 Å². The Balaban J connectivity index is 2.13. The highest BCUT2D eigenvalue weighted by Crippen LogP contribution is 2.26. The van der Waals surface area contributed by atoms with Gasteiger partial charge in [-0.05, 0) is 48.4 Å². The summed E-state index contributed by atoms with van der Waals surface area (Å²) in [6.45, 7) is 2.00. The van der Waals surface area contributed by atoms with Gasteiger partial charge in [-0.15, -0.1) is 0 Å². The van der Waals surface area contributed by atoms with Crippen LogP contribution in [0.1, 0.15) is 23.0 Å². The van der Waals surface area contributed by atoms with E-state index >= 15 is 0 Å². The molecule has 0 aliphatic heterocycles. The molecule has 0 spiro atoms. The predicted molar refractivity (Wildman–Crippen MR) is 95.0 cm³/mol. The first-order chi connectivity index (χ1) is 12.0. The fraction of sp³-hybridized carbons (Fsp3) is 0.105. The first kappa shape index (κ1) is 17.0. The van der Waals surface area contributed by atoms with Gasteiger partial charge in [-0.25, -0.2) is 8.42 Å². The van der Waals surface area contributed by atoms with Crippen molar-refractivity contribution in [3.8, 4) is 0 Å². The first-order valence-corrected chi connectivity index (χ1v) is 9.25. The standard InChI is InChI=1S/C19H17NO4S/c1-2-15-10-12-16(13-11-15)20(19(21)18-9-6-14-24-18)25(22,23)17-7-4-3-5-8-17/h3-14H,2H2,1H3. The molecule has 0 aliphatic rings. The van der Waals surface area contributed by atoms with Crippen LogP contribution in [0.3, 0.4) is 0 Å². The number of furan rings is 1. The fourth-order valence-corrected chi connectivity index (χ4v) is 3.85. The van der Waals surface area contributed by atoms with Crippen LogP contribution in [0.5, 0.6) is 0 Å². The van der Waals surface area contributed by atoms with Gasteiger partial charge in [0, 0.05) is 0 Å². The zero-order chi connectivity index (χ0) is 17.9. The Hall–Kier alpha value is -2.86. The van der Waals surface area contributed by atoms with Crippen LogP contribution in [0.25, 0.3) is 0 Å². The van der Waals surface area contributed by atoms with Gasteiger partial charge in [-0.1, -0.05) is 37.3 Å². The SMILES string of the molecule is CCc1ccc(N(C(=O)c2ccco2)S(=O)(=O)c2ccccc2)cc1. The van der Waals surface area contributed by atoms with Crippen molar-refractivity contribution < 1.29 is 17.6 Å². The van der Waals surface area contributed by atoms with Crippen LogP contribution >= 0.6 is 0 Å². The molecule has 0 saturated heterocycles. The lowest BCUT2D eigenvalue weighted by Crippen LogP contribution is -2.36. The van der Waals surface area contributed by atoms with Crippen LogP contribution in [0.2, 0.25) is 0 Å². The molecule has 5 nitrogen and oxygen atoms in total. The summed E-state index contributed by atoms with van der Waals surface area (Å²) in [6, 6.07) is 17.7. The normalized spacial score (nSPS) is 11.2. The van der Waals surface area contributed by atoms with Crippen LogP contribution in [0, 0.1) is 0 Å². The summed E-state index contributed by atoms with van der Waals surface area (Å²) in [5.41, 5.74) is 1.31. The fourth-order valence-electron chi connectivity index (χ4n) is 2.43. The van der Waals surface area contributed by atoms with Crippen molar-refractivity contribution in [1.29, 1.82) is 0 Å². The molecule has 0 N–H and O–H groups in total. The van der Waals surface area contributed by atoms with Crippen LogP contribution in [0.15, 0.2) is 82.3 Å². The molecule has 1 aromatic heterocycles. The molecule has 0 bridgehead atoms. The third kappa shape index (κ3) is 3.34. The molecule has 1 heterocycles. The molecule has 0 radical (unpaired) electrons. The number of hydrogen-bond donors (Lipinski definition) is 0. The maximum atomic E-state index is 13.1. The summed E-state index contributed by atoms with van der Waals surface area (Å²) in [6.07, 6.45) is 2.15. The summed E-state index contributed by atoms with van der Waals surface area (Å²) in [5, 5.41) is 0. The molecule has 0 fully saturated rings. The van der Waals surface area contributed by atoms with Gasteiger partial charge >= 0.3 is 5.91 Å². The number of benzene rings is 2. The number of aryl methyl sites for hydroxylation is 1. The van der Waals surface area contributed by atoms with Gasteiger partial charge in [0.25, 0.3) is 10.0 Å². The van der Waals surface area contributed by atoms with Crippen LogP contribution < -0.4 is 4.31 Å². The highest BCUT2D eigenvalue weighted by atomic mass is 32.2. The van der Waals surface area contributed by atoms with E-state index in [-0.39, 0.29) is 16.3 Å². The highest BCUT2D eigenvalue weighted by Gasteiger charge is 2.33. The van der Waals surface area contributed by atoms with E-state index in [0.717, 1.165) is 16.3 Å². The highest BCUT2D eigenvalue weighted by molar-refractivity contribution is 7.93. The van der Waals surface area contributed by atoms with Crippen molar-refractivity contribution in [3.63, 3.8) is 0 Å². The van der Waals surface area contributed by atoms with Gasteiger partial charge in [-0.3, -0.25) is 4.79 Å². The predicted octanol–water partition coefficient (Wildman–Crippen LogP) is 3.88. The Kier molecular flexibility index (Phi) is 4.72. The van der Waals surface area contributed by atoms with Gasteiger partial charge < -0.3 is 4.42 Å². The minimum absolute atomic E-state index is 0.0366. The van der Waals surface area contributed by atoms with E-state index in [2.05, 4.69) is 0 Å². The smallest absolute Gasteiger partial charge is 0.307 e. The summed E-state index contributed by atoms with van der Waals surface area (Å²) in [5.74, 6) is -0.780. The first-order valence-electron chi connectivity index (χ1n) is 7.81. The number of sulfonamides is 1. The third-order valence-electron chi connectivity index (χ3n) is 3.78. The Morgan fingerprint density at radius 1 is 0.960 bits per heavy atom. The van der Waals surface area contributed by atoms with E-state index in [1.807, 2.05) is 6.92 Å². The number of carbonyl (C=O) groups is 1. The number of carbonyl (C=O) groups excluding carboxylic acids is 1. The van der Waals surface area contributed by atoms with Gasteiger partial charge in [0.05, 0.1) is 16.8 Å². The Morgan fingerprint density at radius 3 is 2.20 bits per heavy atom. The summed E-state index contributed by atoms with van der Waals surface area (Å²) in [7, 11) is -4.08. The van der Waals surface area contributed by atoms with Crippen molar-refractivity contribution in [2.75, 3.05) is 4.31 Å². The van der Waals surface area contributed by atoms with Crippen molar-refractivity contribution >= 4 is 21.6 Å². The molecule has 0 atom stereocenters. The van der Waals surface area contributed by atoms with Crippen molar-refractivity contribution in [2.45, 2.75) is 18.2 Å². The third-order valence-corrected chi connectivity index (χ3v) is 5.50. The van der Waals surface area contributed by atoms with E-state index in [1.165, 1.54) is 24.5 Å². The maximum absolute atomic E-state index is 13.1. The Labute approximate surface area is 146 Å². The number of nitrogens with zero attached hydrogens (tertiary/aromatic N) is 1. The molecule has 0 unspecified atom stereocenters. The average Bonchev–Trinajstić information content (AvgIpc) is 3.18. The summed E-state index contributed by atoms with van der Waals surface area (Å²) < 4.78 is 32.1. The number of amides is 1. The zero-order valence-corrected chi connectivity index (χ0v) is 14.4. The number of rotatable bonds is 5. The largest absolute Gasteiger partial charge is 0.459 e. The molecular weight excluding hydrogens is 338 g/mol.